The second-order valence-electron chi connectivity index (χ2n) is 7.20. The number of thiophene rings is 2. The van der Waals surface area contributed by atoms with Crippen LogP contribution in [0.15, 0.2) is 4.79 Å². The summed E-state index contributed by atoms with van der Waals surface area (Å²) in [7, 11) is 0. The summed E-state index contributed by atoms with van der Waals surface area (Å²) >= 11 is 2.83. The number of ether oxygens (including phenoxy) is 1. The van der Waals surface area contributed by atoms with Gasteiger partial charge in [-0.2, -0.15) is 0 Å². The lowest BCUT2D eigenvalue weighted by molar-refractivity contribution is -0.117. The van der Waals surface area contributed by atoms with Gasteiger partial charge in [-0.15, -0.1) is 27.8 Å². The summed E-state index contributed by atoms with van der Waals surface area (Å²) < 4.78 is 6.21. The summed E-state index contributed by atoms with van der Waals surface area (Å²) in [6, 6.07) is 0. The Bertz CT molecular complexity index is 1210. The first-order chi connectivity index (χ1) is 14.4. The van der Waals surface area contributed by atoms with Gasteiger partial charge in [0.15, 0.2) is 4.83 Å². The number of nitrogens with one attached hydrogen (secondary N) is 1. The van der Waals surface area contributed by atoms with Gasteiger partial charge in [0.05, 0.1) is 17.6 Å². The number of esters is 1. The van der Waals surface area contributed by atoms with Gasteiger partial charge in [0.2, 0.25) is 5.91 Å². The lowest BCUT2D eigenvalue weighted by atomic mass is 9.97. The highest BCUT2D eigenvalue weighted by molar-refractivity contribution is 7.18. The highest BCUT2D eigenvalue weighted by atomic mass is 32.1. The number of hydrogen-bond acceptors (Lipinski definition) is 8. The Labute approximate surface area is 180 Å². The minimum absolute atomic E-state index is 0.247. The fraction of sp³-hybridized carbons (Fsp3) is 0.450. The van der Waals surface area contributed by atoms with E-state index >= 15 is 0 Å². The lowest BCUT2D eigenvalue weighted by Crippen LogP contribution is -2.30. The molecule has 158 valence electrons. The first kappa shape index (κ1) is 20.7. The van der Waals surface area contributed by atoms with Crippen molar-refractivity contribution in [1.82, 2.24) is 15.0 Å². The Morgan fingerprint density at radius 3 is 2.73 bits per heavy atom. The maximum atomic E-state index is 13.0. The zero-order valence-corrected chi connectivity index (χ0v) is 18.7. The van der Waals surface area contributed by atoms with Crippen LogP contribution >= 0.6 is 22.7 Å². The van der Waals surface area contributed by atoms with Crippen LogP contribution in [0.4, 0.5) is 5.00 Å². The summed E-state index contributed by atoms with van der Waals surface area (Å²) in [4.78, 5) is 40.7. The number of aromatic nitrogens is 3. The van der Waals surface area contributed by atoms with Crippen molar-refractivity contribution in [3.05, 3.63) is 36.8 Å². The van der Waals surface area contributed by atoms with Gasteiger partial charge < -0.3 is 10.1 Å². The van der Waals surface area contributed by atoms with Crippen LogP contribution in [0, 0.1) is 13.8 Å². The zero-order valence-electron chi connectivity index (χ0n) is 17.0. The molecule has 10 heteroatoms. The topological polar surface area (TPSA) is 103 Å². The Kier molecular flexibility index (Phi) is 5.70. The summed E-state index contributed by atoms with van der Waals surface area (Å²) in [5.41, 5.74) is 1.90. The molecule has 8 nitrogen and oxygen atoms in total. The summed E-state index contributed by atoms with van der Waals surface area (Å²) in [5, 5.41) is 11.9. The van der Waals surface area contributed by atoms with Crippen LogP contribution in [0.3, 0.4) is 0 Å². The number of aryl methyl sites for hydroxylation is 3. The molecule has 4 rings (SSSR count). The van der Waals surface area contributed by atoms with E-state index in [1.807, 2.05) is 13.8 Å². The van der Waals surface area contributed by atoms with Gasteiger partial charge in [-0.1, -0.05) is 5.21 Å². The molecule has 0 bridgehead atoms. The van der Waals surface area contributed by atoms with Crippen LogP contribution in [-0.4, -0.2) is 33.5 Å². The Morgan fingerprint density at radius 1 is 1.20 bits per heavy atom. The molecular formula is C20H22N4O4S2. The predicted molar refractivity (Wildman–Crippen MR) is 117 cm³/mol. The predicted octanol–water partition coefficient (Wildman–Crippen LogP) is 3.23. The molecule has 0 aliphatic heterocycles. The molecule has 1 amide bonds. The van der Waals surface area contributed by atoms with Crippen molar-refractivity contribution in [1.29, 1.82) is 0 Å². The molecule has 30 heavy (non-hydrogen) atoms. The number of amides is 1. The highest BCUT2D eigenvalue weighted by Crippen LogP contribution is 2.34. The Hall–Kier alpha value is -2.59. The quantitative estimate of drug-likeness (QED) is 0.604. The SMILES string of the molecule is CCOC(=O)c1c(NC(=O)Cn2nnc3sc4c(c3c2=O)CCCC4)sc(C)c1C. The number of carbonyl (C=O) groups is 2. The third-order valence-electron chi connectivity index (χ3n) is 5.26. The molecule has 0 unspecified atom stereocenters. The summed E-state index contributed by atoms with van der Waals surface area (Å²) in [5.74, 6) is -0.917. The number of fused-ring (bicyclic) bond motifs is 3. The molecule has 0 spiro atoms. The maximum Gasteiger partial charge on any atom is 0.341 e. The van der Waals surface area contributed by atoms with E-state index in [1.165, 1.54) is 27.6 Å². The molecule has 3 heterocycles. The number of anilines is 1. The van der Waals surface area contributed by atoms with Crippen molar-refractivity contribution in [3.63, 3.8) is 0 Å². The fourth-order valence-electron chi connectivity index (χ4n) is 3.68. The molecule has 1 aliphatic rings. The minimum Gasteiger partial charge on any atom is -0.462 e. The van der Waals surface area contributed by atoms with Crippen LogP contribution in [-0.2, 0) is 28.9 Å². The smallest absolute Gasteiger partial charge is 0.341 e. The second-order valence-corrected chi connectivity index (χ2v) is 9.51. The first-order valence-corrected chi connectivity index (χ1v) is 11.5. The van der Waals surface area contributed by atoms with E-state index < -0.39 is 11.9 Å². The van der Waals surface area contributed by atoms with Gasteiger partial charge >= 0.3 is 5.97 Å². The molecule has 0 saturated heterocycles. The third-order valence-corrected chi connectivity index (χ3v) is 7.55. The average molecular weight is 447 g/mol. The van der Waals surface area contributed by atoms with Crippen molar-refractivity contribution in [2.75, 3.05) is 11.9 Å². The van der Waals surface area contributed by atoms with Gasteiger partial charge in [0.1, 0.15) is 11.5 Å². The van der Waals surface area contributed by atoms with Crippen molar-refractivity contribution in [2.45, 2.75) is 53.0 Å². The maximum absolute atomic E-state index is 13.0. The van der Waals surface area contributed by atoms with Gasteiger partial charge in [-0.25, -0.2) is 9.48 Å². The van der Waals surface area contributed by atoms with Gasteiger partial charge in [0, 0.05) is 9.75 Å². The summed E-state index contributed by atoms with van der Waals surface area (Å²) in [6.45, 7) is 5.40. The van der Waals surface area contributed by atoms with E-state index in [1.54, 1.807) is 6.92 Å². The fourth-order valence-corrected chi connectivity index (χ4v) is 5.94. The third kappa shape index (κ3) is 3.65. The van der Waals surface area contributed by atoms with E-state index in [0.717, 1.165) is 46.4 Å². The molecule has 0 radical (unpaired) electrons. The number of hydrogen-bond donors (Lipinski definition) is 1. The number of nitrogens with zero attached hydrogens (tertiary/aromatic N) is 3. The first-order valence-electron chi connectivity index (χ1n) is 9.85. The van der Waals surface area contributed by atoms with Crippen molar-refractivity contribution in [3.8, 4) is 0 Å². The van der Waals surface area contributed by atoms with Gasteiger partial charge in [0.25, 0.3) is 5.56 Å². The van der Waals surface area contributed by atoms with E-state index in [9.17, 15) is 14.4 Å². The van der Waals surface area contributed by atoms with Crippen LogP contribution in [0.2, 0.25) is 0 Å². The molecule has 1 aliphatic carbocycles. The van der Waals surface area contributed by atoms with Gasteiger partial charge in [-0.05, 0) is 57.6 Å². The Balaban J connectivity index is 1.60. The van der Waals surface area contributed by atoms with E-state index in [2.05, 4.69) is 15.6 Å². The molecule has 0 saturated carbocycles. The van der Waals surface area contributed by atoms with E-state index in [-0.39, 0.29) is 18.7 Å². The minimum atomic E-state index is -0.474. The van der Waals surface area contributed by atoms with Crippen LogP contribution in [0.5, 0.6) is 0 Å². The van der Waals surface area contributed by atoms with E-state index in [4.69, 9.17) is 4.74 Å². The largest absolute Gasteiger partial charge is 0.462 e. The molecule has 0 aromatic carbocycles. The zero-order chi connectivity index (χ0) is 21.4. The number of rotatable bonds is 5. The van der Waals surface area contributed by atoms with Crippen LogP contribution in [0.25, 0.3) is 10.2 Å². The lowest BCUT2D eigenvalue weighted by Gasteiger charge is -2.10. The van der Waals surface area contributed by atoms with Crippen molar-refractivity contribution in [2.24, 2.45) is 0 Å². The highest BCUT2D eigenvalue weighted by Gasteiger charge is 2.24. The number of carbonyl (C=O) groups excluding carboxylic acids is 2. The van der Waals surface area contributed by atoms with Crippen molar-refractivity contribution >= 4 is 49.8 Å². The monoisotopic (exact) mass is 446 g/mol. The van der Waals surface area contributed by atoms with Gasteiger partial charge in [-0.3, -0.25) is 9.59 Å². The molecule has 3 aromatic rings. The molecule has 0 atom stereocenters. The molecular weight excluding hydrogens is 424 g/mol. The van der Waals surface area contributed by atoms with E-state index in [0.29, 0.717) is 20.8 Å². The Morgan fingerprint density at radius 2 is 1.97 bits per heavy atom. The molecule has 3 aromatic heterocycles. The standard InChI is InChI=1S/C20H22N4O4S2/c1-4-28-20(27)15-10(2)11(3)29-17(15)21-14(25)9-24-19(26)16-12-7-5-6-8-13(12)30-18(16)22-23-24/h4-9H2,1-3H3,(H,21,25). The van der Waals surface area contributed by atoms with Crippen LogP contribution in [0.1, 0.15) is 51.0 Å². The average Bonchev–Trinajstić information content (AvgIpc) is 3.22. The normalized spacial score (nSPS) is 13.3. The molecule has 0 fully saturated rings. The molecule has 1 N–H and O–H groups in total. The second kappa shape index (κ2) is 8.27. The summed E-state index contributed by atoms with van der Waals surface area (Å²) in [6.07, 6.45) is 3.99. The van der Waals surface area contributed by atoms with Crippen LogP contribution < -0.4 is 10.9 Å². The van der Waals surface area contributed by atoms with Crippen molar-refractivity contribution < 1.29 is 14.3 Å².